The molecule has 0 aliphatic carbocycles. The molecule has 28 heavy (non-hydrogen) atoms. The Labute approximate surface area is 164 Å². The van der Waals surface area contributed by atoms with Gasteiger partial charge in [-0.3, -0.25) is 9.69 Å². The molecule has 0 bridgehead atoms. The van der Waals surface area contributed by atoms with Gasteiger partial charge in [0.25, 0.3) is 0 Å². The topological polar surface area (TPSA) is 78.7 Å². The molecule has 1 saturated heterocycles. The van der Waals surface area contributed by atoms with Crippen molar-refractivity contribution >= 4 is 23.1 Å². The minimum Gasteiger partial charge on any atom is -0.353 e. The number of aryl methyl sites for hydroxylation is 2. The number of rotatable bonds is 5. The first-order chi connectivity index (χ1) is 13.6. The molecule has 3 aromatic rings. The molecule has 146 valence electrons. The maximum absolute atomic E-state index is 12.6. The highest BCUT2D eigenvalue weighted by Crippen LogP contribution is 2.21. The number of carbonyl (C=O) groups is 1. The number of nitrogens with zero attached hydrogens (tertiary/aromatic N) is 6. The molecule has 1 aromatic carbocycles. The van der Waals surface area contributed by atoms with Gasteiger partial charge >= 0.3 is 0 Å². The lowest BCUT2D eigenvalue weighted by Crippen LogP contribution is -2.49. The Morgan fingerprint density at radius 3 is 2.75 bits per heavy atom. The van der Waals surface area contributed by atoms with Crippen LogP contribution >= 0.6 is 0 Å². The van der Waals surface area contributed by atoms with Gasteiger partial charge in [0.2, 0.25) is 5.91 Å². The molecule has 2 aromatic heterocycles. The molecule has 4 rings (SSSR count). The average Bonchev–Trinajstić information content (AvgIpc) is 3.18. The molecule has 0 saturated carbocycles. The molecular weight excluding hydrogens is 354 g/mol. The van der Waals surface area contributed by atoms with Crippen LogP contribution in [0.5, 0.6) is 0 Å². The van der Waals surface area contributed by atoms with E-state index in [2.05, 4.69) is 43.4 Å². The highest BCUT2D eigenvalue weighted by atomic mass is 16.2. The molecular formula is C20H25N7O. The van der Waals surface area contributed by atoms with E-state index in [0.717, 1.165) is 55.3 Å². The number of piperazine rings is 1. The Morgan fingerprint density at radius 1 is 1.14 bits per heavy atom. The molecule has 0 spiro atoms. The van der Waals surface area contributed by atoms with E-state index in [9.17, 15) is 4.79 Å². The molecule has 0 unspecified atom stereocenters. The number of benzene rings is 1. The first-order valence-electron chi connectivity index (χ1n) is 9.67. The van der Waals surface area contributed by atoms with E-state index in [1.807, 2.05) is 31.2 Å². The highest BCUT2D eigenvalue weighted by Gasteiger charge is 2.21. The van der Waals surface area contributed by atoms with Crippen LogP contribution in [0.2, 0.25) is 0 Å². The van der Waals surface area contributed by atoms with Crippen LogP contribution in [0.25, 0.3) is 5.65 Å². The third-order valence-electron chi connectivity index (χ3n) is 5.22. The highest BCUT2D eigenvalue weighted by molar-refractivity contribution is 5.93. The summed E-state index contributed by atoms with van der Waals surface area (Å²) in [4.78, 5) is 17.0. The van der Waals surface area contributed by atoms with Gasteiger partial charge in [0.05, 0.1) is 6.54 Å². The van der Waals surface area contributed by atoms with Crippen molar-refractivity contribution in [1.29, 1.82) is 0 Å². The van der Waals surface area contributed by atoms with Crippen molar-refractivity contribution in [2.24, 2.45) is 0 Å². The third kappa shape index (κ3) is 3.82. The fourth-order valence-corrected chi connectivity index (χ4v) is 3.61. The molecule has 1 aliphatic heterocycles. The number of fused-ring (bicyclic) bond motifs is 1. The van der Waals surface area contributed by atoms with Gasteiger partial charge in [-0.05, 0) is 36.6 Å². The van der Waals surface area contributed by atoms with Gasteiger partial charge in [-0.1, -0.05) is 25.1 Å². The minimum absolute atomic E-state index is 0.0430. The van der Waals surface area contributed by atoms with Crippen LogP contribution in [0.1, 0.15) is 18.1 Å². The minimum atomic E-state index is 0.0430. The van der Waals surface area contributed by atoms with Crippen LogP contribution in [-0.4, -0.2) is 63.3 Å². The van der Waals surface area contributed by atoms with Gasteiger partial charge in [0.1, 0.15) is 12.1 Å². The Balaban J connectivity index is 1.33. The molecule has 3 heterocycles. The summed E-state index contributed by atoms with van der Waals surface area (Å²) in [6.07, 6.45) is 2.51. The molecule has 0 radical (unpaired) electrons. The fraction of sp³-hybridized carbons (Fsp3) is 0.400. The molecule has 8 nitrogen and oxygen atoms in total. The summed E-state index contributed by atoms with van der Waals surface area (Å²) in [7, 11) is 0. The smallest absolute Gasteiger partial charge is 0.238 e. The maximum Gasteiger partial charge on any atom is 0.238 e. The monoisotopic (exact) mass is 379 g/mol. The van der Waals surface area contributed by atoms with Crippen LogP contribution in [0.3, 0.4) is 0 Å². The van der Waals surface area contributed by atoms with E-state index in [1.54, 1.807) is 10.8 Å². The number of hydrogen-bond acceptors (Lipinski definition) is 6. The number of hydrogen-bond donors (Lipinski definition) is 1. The predicted molar refractivity (Wildman–Crippen MR) is 109 cm³/mol. The summed E-state index contributed by atoms with van der Waals surface area (Å²) >= 11 is 0. The van der Waals surface area contributed by atoms with Crippen molar-refractivity contribution in [1.82, 2.24) is 24.7 Å². The van der Waals surface area contributed by atoms with E-state index in [4.69, 9.17) is 0 Å². The summed E-state index contributed by atoms with van der Waals surface area (Å²) in [5.74, 6) is 0.949. The van der Waals surface area contributed by atoms with Crippen LogP contribution in [0, 0.1) is 6.92 Å². The lowest BCUT2D eigenvalue weighted by atomic mass is 10.1. The number of amides is 1. The third-order valence-corrected chi connectivity index (χ3v) is 5.22. The van der Waals surface area contributed by atoms with Gasteiger partial charge in [0, 0.05) is 31.9 Å². The van der Waals surface area contributed by atoms with Crippen molar-refractivity contribution in [3.05, 3.63) is 47.8 Å². The van der Waals surface area contributed by atoms with Crippen LogP contribution in [0.15, 0.2) is 36.7 Å². The Kier molecular flexibility index (Phi) is 5.21. The Hall–Kier alpha value is -3.00. The molecule has 1 aliphatic rings. The number of para-hydroxylation sites is 1. The summed E-state index contributed by atoms with van der Waals surface area (Å²) < 4.78 is 1.68. The van der Waals surface area contributed by atoms with Crippen molar-refractivity contribution in [2.75, 3.05) is 42.9 Å². The standard InChI is InChI=1S/C20H25N7O/c1-3-16-6-4-5-15(2)20(16)22-19(28)13-25-9-11-26(12-10-25)18-8-7-17-23-21-14-27(17)24-18/h4-8,14H,3,9-13H2,1-2H3,(H,22,28). The zero-order valence-corrected chi connectivity index (χ0v) is 16.3. The van der Waals surface area contributed by atoms with Crippen molar-refractivity contribution in [3.8, 4) is 0 Å². The van der Waals surface area contributed by atoms with Crippen molar-refractivity contribution in [3.63, 3.8) is 0 Å². The Bertz CT molecular complexity index is 976. The summed E-state index contributed by atoms with van der Waals surface area (Å²) in [5, 5.41) is 15.5. The van der Waals surface area contributed by atoms with Crippen molar-refractivity contribution in [2.45, 2.75) is 20.3 Å². The molecule has 1 amide bonds. The van der Waals surface area contributed by atoms with E-state index < -0.39 is 0 Å². The molecule has 1 N–H and O–H groups in total. The summed E-state index contributed by atoms with van der Waals surface area (Å²) in [5.41, 5.74) is 3.98. The van der Waals surface area contributed by atoms with Crippen LogP contribution < -0.4 is 10.2 Å². The first-order valence-corrected chi connectivity index (χ1v) is 9.67. The second-order valence-corrected chi connectivity index (χ2v) is 7.10. The van der Waals surface area contributed by atoms with E-state index in [0.29, 0.717) is 6.54 Å². The zero-order chi connectivity index (χ0) is 19.5. The lowest BCUT2D eigenvalue weighted by molar-refractivity contribution is -0.117. The number of anilines is 2. The van der Waals surface area contributed by atoms with Gasteiger partial charge in [0.15, 0.2) is 5.65 Å². The second kappa shape index (κ2) is 7.93. The largest absolute Gasteiger partial charge is 0.353 e. The first kappa shape index (κ1) is 18.4. The lowest BCUT2D eigenvalue weighted by Gasteiger charge is -2.34. The van der Waals surface area contributed by atoms with Crippen LogP contribution in [0.4, 0.5) is 11.5 Å². The van der Waals surface area contributed by atoms with Gasteiger partial charge in [-0.25, -0.2) is 0 Å². The number of nitrogens with one attached hydrogen (secondary N) is 1. The van der Waals surface area contributed by atoms with E-state index >= 15 is 0 Å². The molecule has 0 atom stereocenters. The SMILES string of the molecule is CCc1cccc(C)c1NC(=O)CN1CCN(c2ccc3nncn3n2)CC1. The zero-order valence-electron chi connectivity index (χ0n) is 16.3. The summed E-state index contributed by atoms with van der Waals surface area (Å²) in [6, 6.07) is 10.0. The van der Waals surface area contributed by atoms with Crippen LogP contribution in [-0.2, 0) is 11.2 Å². The predicted octanol–water partition coefficient (Wildman–Crippen LogP) is 1.76. The molecule has 8 heteroatoms. The van der Waals surface area contributed by atoms with E-state index in [1.165, 1.54) is 5.56 Å². The quantitative estimate of drug-likeness (QED) is 0.728. The fourth-order valence-electron chi connectivity index (χ4n) is 3.61. The number of aromatic nitrogens is 4. The number of carbonyl (C=O) groups excluding carboxylic acids is 1. The normalized spacial score (nSPS) is 15.1. The van der Waals surface area contributed by atoms with E-state index in [-0.39, 0.29) is 5.91 Å². The van der Waals surface area contributed by atoms with Gasteiger partial charge < -0.3 is 10.2 Å². The maximum atomic E-state index is 12.6. The average molecular weight is 379 g/mol. The molecule has 1 fully saturated rings. The van der Waals surface area contributed by atoms with Gasteiger partial charge in [-0.2, -0.15) is 4.52 Å². The summed E-state index contributed by atoms with van der Waals surface area (Å²) in [6.45, 7) is 7.86. The van der Waals surface area contributed by atoms with Gasteiger partial charge in [-0.15, -0.1) is 15.3 Å². The second-order valence-electron chi connectivity index (χ2n) is 7.10. The Morgan fingerprint density at radius 2 is 1.96 bits per heavy atom. The van der Waals surface area contributed by atoms with Crippen molar-refractivity contribution < 1.29 is 4.79 Å².